The summed E-state index contributed by atoms with van der Waals surface area (Å²) >= 11 is 0. The van der Waals surface area contributed by atoms with Crippen LogP contribution in [0.3, 0.4) is 0 Å². The lowest BCUT2D eigenvalue weighted by Gasteiger charge is -2.22. The van der Waals surface area contributed by atoms with Gasteiger partial charge in [0.05, 0.1) is 6.26 Å². The van der Waals surface area contributed by atoms with Crippen LogP contribution in [0.4, 0.5) is 5.69 Å². The molecule has 2 rings (SSSR count). The van der Waals surface area contributed by atoms with Crippen LogP contribution in [0.2, 0.25) is 0 Å². The van der Waals surface area contributed by atoms with Crippen molar-refractivity contribution < 1.29 is 9.21 Å². The number of amides is 1. The maximum atomic E-state index is 12.4. The number of anilines is 1. The van der Waals surface area contributed by atoms with Crippen LogP contribution in [0.1, 0.15) is 22.5 Å². The Hall–Kier alpha value is -2.07. The quantitative estimate of drug-likeness (QED) is 0.896. The minimum atomic E-state index is -0.135. The third-order valence-electron chi connectivity index (χ3n) is 2.88. The molecule has 0 fully saturated rings. The Morgan fingerprint density at radius 2 is 2.16 bits per heavy atom. The summed E-state index contributed by atoms with van der Waals surface area (Å²) < 4.78 is 5.19. The number of carbonyl (C=O) groups excluding carboxylic acids is 1. The lowest BCUT2D eigenvalue weighted by molar-refractivity contribution is 0.0960. The van der Waals surface area contributed by atoms with Gasteiger partial charge in [0.15, 0.2) is 5.76 Å². The van der Waals surface area contributed by atoms with Crippen molar-refractivity contribution in [2.75, 3.05) is 18.0 Å². The molecule has 4 heteroatoms. The van der Waals surface area contributed by atoms with Crippen molar-refractivity contribution in [2.45, 2.75) is 13.3 Å². The van der Waals surface area contributed by atoms with Crippen LogP contribution >= 0.6 is 0 Å². The Morgan fingerprint density at radius 1 is 1.32 bits per heavy atom. The van der Waals surface area contributed by atoms with E-state index in [2.05, 4.69) is 0 Å². The highest BCUT2D eigenvalue weighted by atomic mass is 16.3. The van der Waals surface area contributed by atoms with Crippen molar-refractivity contribution in [3.05, 3.63) is 54.0 Å². The zero-order chi connectivity index (χ0) is 13.7. The molecule has 100 valence electrons. The summed E-state index contributed by atoms with van der Waals surface area (Å²) in [5.74, 6) is 0.211. The average Bonchev–Trinajstić information content (AvgIpc) is 2.93. The van der Waals surface area contributed by atoms with Crippen LogP contribution in [0.25, 0.3) is 0 Å². The monoisotopic (exact) mass is 258 g/mol. The largest absolute Gasteiger partial charge is 0.459 e. The number of rotatable bonds is 5. The summed E-state index contributed by atoms with van der Waals surface area (Å²) in [7, 11) is 0. The van der Waals surface area contributed by atoms with E-state index in [9.17, 15) is 4.79 Å². The number of furan rings is 1. The minimum Gasteiger partial charge on any atom is -0.459 e. The molecule has 1 aromatic heterocycles. The number of nitrogens with two attached hydrogens (primary N) is 1. The van der Waals surface area contributed by atoms with E-state index in [4.69, 9.17) is 10.2 Å². The smallest absolute Gasteiger partial charge is 0.293 e. The van der Waals surface area contributed by atoms with Gasteiger partial charge in [-0.1, -0.05) is 12.1 Å². The summed E-state index contributed by atoms with van der Waals surface area (Å²) in [5.41, 5.74) is 7.53. The van der Waals surface area contributed by atoms with E-state index in [1.54, 1.807) is 17.0 Å². The standard InChI is InChI=1S/C15H18N2O2/c1-12-5-2-6-13(11-12)17(9-4-8-16)15(18)14-7-3-10-19-14/h2-3,5-7,10-11H,4,8-9,16H2,1H3. The Kier molecular flexibility index (Phi) is 4.36. The highest BCUT2D eigenvalue weighted by Gasteiger charge is 2.19. The zero-order valence-corrected chi connectivity index (χ0v) is 11.0. The fraction of sp³-hybridized carbons (Fsp3) is 0.267. The van der Waals surface area contributed by atoms with E-state index >= 15 is 0 Å². The van der Waals surface area contributed by atoms with Gasteiger partial charge >= 0.3 is 0 Å². The molecular formula is C15H18N2O2. The van der Waals surface area contributed by atoms with Gasteiger partial charge in [0.25, 0.3) is 5.91 Å². The Labute approximate surface area is 112 Å². The minimum absolute atomic E-state index is 0.135. The van der Waals surface area contributed by atoms with Gasteiger partial charge in [0.1, 0.15) is 0 Å². The summed E-state index contributed by atoms with van der Waals surface area (Å²) in [6, 6.07) is 11.2. The third kappa shape index (κ3) is 3.23. The number of hydrogen-bond donors (Lipinski definition) is 1. The van der Waals surface area contributed by atoms with E-state index in [1.165, 1.54) is 6.26 Å². The van der Waals surface area contributed by atoms with Crippen LogP contribution in [0.15, 0.2) is 47.1 Å². The van der Waals surface area contributed by atoms with E-state index in [0.717, 1.165) is 17.7 Å². The molecular weight excluding hydrogens is 240 g/mol. The van der Waals surface area contributed by atoms with Crippen LogP contribution in [0.5, 0.6) is 0 Å². The fourth-order valence-electron chi connectivity index (χ4n) is 1.93. The molecule has 1 aromatic carbocycles. The van der Waals surface area contributed by atoms with Crippen molar-refractivity contribution in [3.63, 3.8) is 0 Å². The molecule has 0 saturated heterocycles. The number of carbonyl (C=O) groups is 1. The summed E-state index contributed by atoms with van der Waals surface area (Å²) in [4.78, 5) is 14.1. The Bertz CT molecular complexity index is 535. The molecule has 2 aromatic rings. The summed E-state index contributed by atoms with van der Waals surface area (Å²) in [6.45, 7) is 3.13. The van der Waals surface area contributed by atoms with E-state index in [0.29, 0.717) is 18.8 Å². The van der Waals surface area contributed by atoms with E-state index < -0.39 is 0 Å². The predicted molar refractivity (Wildman–Crippen MR) is 75.2 cm³/mol. The first-order chi connectivity index (χ1) is 9.22. The molecule has 0 unspecified atom stereocenters. The van der Waals surface area contributed by atoms with Gasteiger partial charge in [-0.05, 0) is 49.7 Å². The SMILES string of the molecule is Cc1cccc(N(CCCN)C(=O)c2ccco2)c1. The topological polar surface area (TPSA) is 59.5 Å². The molecule has 0 spiro atoms. The molecule has 0 aliphatic rings. The number of hydrogen-bond acceptors (Lipinski definition) is 3. The van der Waals surface area contributed by atoms with Crippen molar-refractivity contribution in [3.8, 4) is 0 Å². The number of aryl methyl sites for hydroxylation is 1. The number of nitrogens with zero attached hydrogens (tertiary/aromatic N) is 1. The first kappa shape index (κ1) is 13.4. The van der Waals surface area contributed by atoms with Crippen LogP contribution < -0.4 is 10.6 Å². The Balaban J connectivity index is 2.28. The van der Waals surface area contributed by atoms with Crippen molar-refractivity contribution in [2.24, 2.45) is 5.73 Å². The molecule has 0 aliphatic heterocycles. The van der Waals surface area contributed by atoms with Gasteiger partial charge in [0.2, 0.25) is 0 Å². The fourth-order valence-corrected chi connectivity index (χ4v) is 1.93. The van der Waals surface area contributed by atoms with Crippen molar-refractivity contribution in [1.82, 2.24) is 0 Å². The normalized spacial score (nSPS) is 10.4. The maximum Gasteiger partial charge on any atom is 0.293 e. The second-order valence-electron chi connectivity index (χ2n) is 4.42. The lowest BCUT2D eigenvalue weighted by Crippen LogP contribution is -2.32. The van der Waals surface area contributed by atoms with Gasteiger partial charge < -0.3 is 15.1 Å². The molecule has 2 N–H and O–H groups in total. The molecule has 0 bridgehead atoms. The van der Waals surface area contributed by atoms with Gasteiger partial charge in [0, 0.05) is 12.2 Å². The third-order valence-corrected chi connectivity index (χ3v) is 2.88. The molecule has 1 heterocycles. The summed E-state index contributed by atoms with van der Waals surface area (Å²) in [5, 5.41) is 0. The van der Waals surface area contributed by atoms with Crippen LogP contribution in [0, 0.1) is 6.92 Å². The molecule has 19 heavy (non-hydrogen) atoms. The zero-order valence-electron chi connectivity index (χ0n) is 11.0. The molecule has 0 atom stereocenters. The lowest BCUT2D eigenvalue weighted by atomic mass is 10.2. The van der Waals surface area contributed by atoms with Gasteiger partial charge in [-0.3, -0.25) is 4.79 Å². The van der Waals surface area contributed by atoms with Gasteiger partial charge in [-0.25, -0.2) is 0 Å². The van der Waals surface area contributed by atoms with Crippen LogP contribution in [-0.2, 0) is 0 Å². The Morgan fingerprint density at radius 3 is 2.79 bits per heavy atom. The average molecular weight is 258 g/mol. The van der Waals surface area contributed by atoms with E-state index in [-0.39, 0.29) is 5.91 Å². The second-order valence-corrected chi connectivity index (χ2v) is 4.42. The first-order valence-electron chi connectivity index (χ1n) is 6.34. The van der Waals surface area contributed by atoms with Crippen molar-refractivity contribution >= 4 is 11.6 Å². The highest BCUT2D eigenvalue weighted by Crippen LogP contribution is 2.19. The van der Waals surface area contributed by atoms with Crippen LogP contribution in [-0.4, -0.2) is 19.0 Å². The van der Waals surface area contributed by atoms with Crippen molar-refractivity contribution in [1.29, 1.82) is 0 Å². The highest BCUT2D eigenvalue weighted by molar-refractivity contribution is 6.04. The molecule has 4 nitrogen and oxygen atoms in total. The second kappa shape index (κ2) is 6.20. The predicted octanol–water partition coefficient (Wildman–Crippen LogP) is 2.58. The first-order valence-corrected chi connectivity index (χ1v) is 6.34. The number of benzene rings is 1. The maximum absolute atomic E-state index is 12.4. The van der Waals surface area contributed by atoms with E-state index in [1.807, 2.05) is 31.2 Å². The molecule has 0 aliphatic carbocycles. The summed E-state index contributed by atoms with van der Waals surface area (Å²) in [6.07, 6.45) is 2.25. The van der Waals surface area contributed by atoms with Gasteiger partial charge in [-0.2, -0.15) is 0 Å². The molecule has 0 radical (unpaired) electrons. The molecule has 0 saturated carbocycles. The van der Waals surface area contributed by atoms with Gasteiger partial charge in [-0.15, -0.1) is 0 Å². The molecule has 1 amide bonds.